The third-order valence-electron chi connectivity index (χ3n) is 7.07. The summed E-state index contributed by atoms with van der Waals surface area (Å²) < 4.78 is 44.3. The van der Waals surface area contributed by atoms with Gasteiger partial charge in [0.1, 0.15) is 48.7 Å². The van der Waals surface area contributed by atoms with Gasteiger partial charge < -0.3 is 79.2 Å². The smallest absolute Gasteiger partial charge is 0.217 e. The summed E-state index contributed by atoms with van der Waals surface area (Å²) in [5.41, 5.74) is 0. The lowest BCUT2D eigenvalue weighted by Crippen LogP contribution is -2.64. The Labute approximate surface area is 268 Å². The second kappa shape index (κ2) is 22.1. The highest BCUT2D eigenvalue weighted by atomic mass is 16.7. The van der Waals surface area contributed by atoms with E-state index >= 15 is 0 Å². The number of nitrogens with one attached hydrogen (secondary N) is 2. The first-order chi connectivity index (χ1) is 22.0. The molecule has 0 radical (unpaired) electrons. The largest absolute Gasteiger partial charge is 0.394 e. The molecule has 2 heterocycles. The number of carbonyl (C=O) groups is 2. The third kappa shape index (κ3) is 13.9. The Kier molecular flexibility index (Phi) is 19.5. The molecule has 2 aliphatic rings. The van der Waals surface area contributed by atoms with Crippen LogP contribution in [0, 0.1) is 5.92 Å². The van der Waals surface area contributed by atoms with Crippen LogP contribution < -0.4 is 10.6 Å². The molecule has 11 atom stereocenters. The SMILES string of the molecule is CC(=O)NC1C(O)[C@@H](O)C(CO)O[C@H]1OCCOCCOCC(C)COCCOCCO[C@@H]1O[C@H](CO)[C@H](O)C(O)C1NC(C)=O. The first-order valence-corrected chi connectivity index (χ1v) is 15.3. The molecule has 270 valence electrons. The van der Waals surface area contributed by atoms with Crippen LogP contribution in [-0.2, 0) is 47.5 Å². The summed E-state index contributed by atoms with van der Waals surface area (Å²) in [6.45, 7) is 6.08. The van der Waals surface area contributed by atoms with Crippen LogP contribution in [0.2, 0.25) is 0 Å². The molecule has 2 saturated heterocycles. The number of carbonyl (C=O) groups excluding carboxylic acids is 2. The highest BCUT2D eigenvalue weighted by Gasteiger charge is 2.46. The number of ether oxygens (including phenoxy) is 8. The van der Waals surface area contributed by atoms with Crippen molar-refractivity contribution < 1.29 is 78.1 Å². The standard InChI is InChI=1S/C28H52N2O16/c1-16(14-41-6-4-39-8-10-43-27-21(29-17(2)33)25(37)23(35)19(12-31)45-27)15-42-7-5-40-9-11-44-28-22(30-18(3)34)26(38)24(36)20(13-32)46-28/h16,19-28,31-32,35-38H,4-15H2,1-3H3,(H,29,33)(H,30,34)/t16?,19-,20?,21?,22?,23+,24+,25?,26?,27-,28-/m1/s1. The van der Waals surface area contributed by atoms with E-state index in [4.69, 9.17) is 37.9 Å². The summed E-state index contributed by atoms with van der Waals surface area (Å²) >= 11 is 0. The Balaban J connectivity index is 1.48. The molecule has 8 N–H and O–H groups in total. The van der Waals surface area contributed by atoms with E-state index in [1.54, 1.807) is 0 Å². The first-order valence-electron chi connectivity index (χ1n) is 15.3. The minimum Gasteiger partial charge on any atom is -0.394 e. The Bertz CT molecular complexity index is 792. The van der Waals surface area contributed by atoms with Crippen molar-refractivity contribution >= 4 is 11.8 Å². The molecular formula is C28H52N2O16. The summed E-state index contributed by atoms with van der Waals surface area (Å²) in [6.07, 6.45) is -9.79. The van der Waals surface area contributed by atoms with Crippen LogP contribution in [0.1, 0.15) is 20.8 Å². The van der Waals surface area contributed by atoms with E-state index in [1.165, 1.54) is 13.8 Å². The topological polar surface area (TPSA) is 253 Å². The van der Waals surface area contributed by atoms with Gasteiger partial charge in [-0.05, 0) is 0 Å². The molecule has 2 fully saturated rings. The van der Waals surface area contributed by atoms with Crippen molar-refractivity contribution in [2.24, 2.45) is 5.92 Å². The Morgan fingerprint density at radius 2 is 0.957 bits per heavy atom. The maximum absolute atomic E-state index is 11.5. The normalized spacial score (nSPS) is 32.2. The maximum Gasteiger partial charge on any atom is 0.217 e. The maximum atomic E-state index is 11.5. The molecule has 2 amide bonds. The average molecular weight is 673 g/mol. The van der Waals surface area contributed by atoms with E-state index in [0.29, 0.717) is 39.6 Å². The highest BCUT2D eigenvalue weighted by Crippen LogP contribution is 2.23. The minimum absolute atomic E-state index is 0.0730. The monoisotopic (exact) mass is 672 g/mol. The second-order valence-electron chi connectivity index (χ2n) is 11.1. The van der Waals surface area contributed by atoms with E-state index in [-0.39, 0.29) is 32.3 Å². The molecule has 2 rings (SSSR count). The Morgan fingerprint density at radius 3 is 1.30 bits per heavy atom. The summed E-state index contributed by atoms with van der Waals surface area (Å²) in [6, 6.07) is -2.02. The van der Waals surface area contributed by atoms with Crippen LogP contribution in [0.15, 0.2) is 0 Å². The van der Waals surface area contributed by atoms with E-state index in [2.05, 4.69) is 10.6 Å². The van der Waals surface area contributed by atoms with Crippen molar-refractivity contribution in [3.05, 3.63) is 0 Å². The van der Waals surface area contributed by atoms with Gasteiger partial charge in [0.05, 0.1) is 79.3 Å². The summed E-state index contributed by atoms with van der Waals surface area (Å²) in [5, 5.41) is 64.3. The molecule has 6 unspecified atom stereocenters. The average Bonchev–Trinajstić information content (AvgIpc) is 3.01. The van der Waals surface area contributed by atoms with E-state index in [0.717, 1.165) is 0 Å². The van der Waals surface area contributed by atoms with Gasteiger partial charge in [-0.3, -0.25) is 9.59 Å². The molecule has 0 spiro atoms. The number of hydrogen-bond acceptors (Lipinski definition) is 16. The van der Waals surface area contributed by atoms with Crippen molar-refractivity contribution in [1.29, 1.82) is 0 Å². The molecule has 46 heavy (non-hydrogen) atoms. The van der Waals surface area contributed by atoms with Crippen molar-refractivity contribution in [1.82, 2.24) is 10.6 Å². The first kappa shape index (κ1) is 40.6. The van der Waals surface area contributed by atoms with Gasteiger partial charge in [-0.1, -0.05) is 6.92 Å². The van der Waals surface area contributed by atoms with Crippen LogP contribution in [0.5, 0.6) is 0 Å². The van der Waals surface area contributed by atoms with Crippen molar-refractivity contribution in [2.45, 2.75) is 82.1 Å². The van der Waals surface area contributed by atoms with Gasteiger partial charge in [0.2, 0.25) is 11.8 Å². The van der Waals surface area contributed by atoms with Gasteiger partial charge in [-0.25, -0.2) is 0 Å². The molecule has 0 aromatic rings. The summed E-state index contributed by atoms with van der Waals surface area (Å²) in [5.74, 6) is -0.765. The molecular weight excluding hydrogens is 620 g/mol. The van der Waals surface area contributed by atoms with Crippen LogP contribution in [0.3, 0.4) is 0 Å². The van der Waals surface area contributed by atoms with Crippen molar-refractivity contribution in [3.8, 4) is 0 Å². The zero-order valence-electron chi connectivity index (χ0n) is 26.6. The molecule has 0 aliphatic carbocycles. The zero-order valence-corrected chi connectivity index (χ0v) is 26.6. The Morgan fingerprint density at radius 1 is 0.609 bits per heavy atom. The lowest BCUT2D eigenvalue weighted by atomic mass is 9.97. The van der Waals surface area contributed by atoms with Crippen LogP contribution in [-0.4, -0.2) is 183 Å². The quantitative estimate of drug-likeness (QED) is 0.0506. The summed E-state index contributed by atoms with van der Waals surface area (Å²) in [4.78, 5) is 22.9. The predicted octanol–water partition coefficient (Wildman–Crippen LogP) is -4.39. The molecule has 18 heteroatoms. The van der Waals surface area contributed by atoms with Crippen molar-refractivity contribution in [3.63, 3.8) is 0 Å². The van der Waals surface area contributed by atoms with Gasteiger partial charge in [0.15, 0.2) is 12.6 Å². The van der Waals surface area contributed by atoms with Gasteiger partial charge in [-0.15, -0.1) is 0 Å². The highest BCUT2D eigenvalue weighted by molar-refractivity contribution is 5.73. The van der Waals surface area contributed by atoms with Crippen molar-refractivity contribution in [2.75, 3.05) is 79.3 Å². The van der Waals surface area contributed by atoms with Crippen LogP contribution in [0.4, 0.5) is 0 Å². The third-order valence-corrected chi connectivity index (χ3v) is 7.07. The van der Waals surface area contributed by atoms with E-state index in [9.17, 15) is 40.2 Å². The number of amides is 2. The predicted molar refractivity (Wildman–Crippen MR) is 155 cm³/mol. The molecule has 0 aromatic heterocycles. The summed E-state index contributed by atoms with van der Waals surface area (Å²) in [7, 11) is 0. The van der Waals surface area contributed by atoms with E-state index in [1.807, 2.05) is 6.92 Å². The van der Waals surface area contributed by atoms with Crippen LogP contribution >= 0.6 is 0 Å². The molecule has 0 bridgehead atoms. The number of aliphatic hydroxyl groups excluding tert-OH is 6. The fraction of sp³-hybridized carbons (Fsp3) is 0.929. The van der Waals surface area contributed by atoms with Gasteiger partial charge in [-0.2, -0.15) is 0 Å². The molecule has 0 aromatic carbocycles. The second-order valence-corrected chi connectivity index (χ2v) is 11.1. The minimum atomic E-state index is -1.38. The van der Waals surface area contributed by atoms with Gasteiger partial charge in [0, 0.05) is 19.8 Å². The van der Waals surface area contributed by atoms with Gasteiger partial charge >= 0.3 is 0 Å². The number of aliphatic hydroxyl groups is 6. The molecule has 18 nitrogen and oxygen atoms in total. The lowest BCUT2D eigenvalue weighted by Gasteiger charge is -2.42. The fourth-order valence-corrected chi connectivity index (χ4v) is 4.73. The number of hydrogen-bond donors (Lipinski definition) is 8. The fourth-order valence-electron chi connectivity index (χ4n) is 4.73. The molecule has 0 saturated carbocycles. The van der Waals surface area contributed by atoms with Crippen LogP contribution in [0.25, 0.3) is 0 Å². The number of rotatable bonds is 22. The zero-order chi connectivity index (χ0) is 34.1. The lowest BCUT2D eigenvalue weighted by molar-refractivity contribution is -0.272. The Hall–Kier alpha value is -1.62. The molecule has 2 aliphatic heterocycles. The van der Waals surface area contributed by atoms with E-state index < -0.39 is 86.3 Å². The van der Waals surface area contributed by atoms with Gasteiger partial charge in [0.25, 0.3) is 0 Å².